The zero-order chi connectivity index (χ0) is 20.8. The number of amides is 2. The van der Waals surface area contributed by atoms with Crippen LogP contribution in [0.3, 0.4) is 0 Å². The highest BCUT2D eigenvalue weighted by Gasteiger charge is 2.28. The number of nitrogens with one attached hydrogen (secondary N) is 1. The molecule has 2 rings (SSSR count). The Hall–Kier alpha value is -1.46. The maximum Gasteiger partial charge on any atom is 0.242 e. The number of rotatable bonds is 7. The molecule has 1 N–H and O–H groups in total. The van der Waals surface area contributed by atoms with Crippen molar-refractivity contribution in [1.29, 1.82) is 0 Å². The van der Waals surface area contributed by atoms with Crippen molar-refractivity contribution < 1.29 is 9.59 Å². The number of hydrogen-bond acceptors (Lipinski definition) is 2. The normalized spacial score (nSPS) is 11.8. The molecular formula is C20H20Cl4N2O2. The van der Waals surface area contributed by atoms with Crippen molar-refractivity contribution in [2.45, 2.75) is 32.4 Å². The molecule has 0 fully saturated rings. The van der Waals surface area contributed by atoms with Crippen molar-refractivity contribution >= 4 is 58.2 Å². The largest absolute Gasteiger partial charge is 0.357 e. The summed E-state index contributed by atoms with van der Waals surface area (Å²) in [5.74, 6) is -0.469. The van der Waals surface area contributed by atoms with Crippen molar-refractivity contribution in [3.8, 4) is 0 Å². The first-order valence-corrected chi connectivity index (χ1v) is 10.2. The number of likely N-dealkylation sites (N-methyl/N-ethyl adjacent to an activating group) is 1. The van der Waals surface area contributed by atoms with Crippen LogP contribution >= 0.6 is 46.4 Å². The second kappa shape index (κ2) is 10.4. The van der Waals surface area contributed by atoms with Gasteiger partial charge >= 0.3 is 0 Å². The molecule has 2 aromatic rings. The summed E-state index contributed by atoms with van der Waals surface area (Å²) in [6.07, 6.45) is 0.506. The quantitative estimate of drug-likeness (QED) is 0.600. The predicted octanol–water partition coefficient (Wildman–Crippen LogP) is 5.40. The Balaban J connectivity index is 2.34. The average molecular weight is 462 g/mol. The summed E-state index contributed by atoms with van der Waals surface area (Å²) in [6.45, 7) is 2.07. The Morgan fingerprint density at radius 3 is 2.29 bits per heavy atom. The van der Waals surface area contributed by atoms with Gasteiger partial charge in [0, 0.05) is 23.6 Å². The molecule has 28 heavy (non-hydrogen) atoms. The standard InChI is InChI=1S/C20H20Cl4N2O2/c1-3-18(20(28)25-2)26(11-12-4-7-15(22)17(24)8-12)19(27)9-13-5-6-14(21)10-16(13)23/h4-8,10,18H,3,9,11H2,1-2H3,(H,25,28). The molecule has 4 nitrogen and oxygen atoms in total. The molecule has 1 unspecified atom stereocenters. The third-order valence-electron chi connectivity index (χ3n) is 4.33. The van der Waals surface area contributed by atoms with Crippen LogP contribution in [0, 0.1) is 0 Å². The van der Waals surface area contributed by atoms with E-state index >= 15 is 0 Å². The fourth-order valence-electron chi connectivity index (χ4n) is 2.85. The molecule has 0 aliphatic heterocycles. The lowest BCUT2D eigenvalue weighted by atomic mass is 10.1. The molecule has 1 atom stereocenters. The lowest BCUT2D eigenvalue weighted by Crippen LogP contribution is -2.48. The number of carbonyl (C=O) groups is 2. The lowest BCUT2D eigenvalue weighted by molar-refractivity contribution is -0.140. The number of nitrogens with zero attached hydrogens (tertiary/aromatic N) is 1. The Kier molecular flexibility index (Phi) is 8.44. The van der Waals surface area contributed by atoms with Gasteiger partial charge in [0.25, 0.3) is 0 Å². The van der Waals surface area contributed by atoms with Gasteiger partial charge in [-0.3, -0.25) is 9.59 Å². The van der Waals surface area contributed by atoms with Gasteiger partial charge in [-0.1, -0.05) is 65.5 Å². The molecule has 0 bridgehead atoms. The van der Waals surface area contributed by atoms with E-state index in [-0.39, 0.29) is 24.8 Å². The van der Waals surface area contributed by atoms with Crippen LogP contribution in [0.15, 0.2) is 36.4 Å². The average Bonchev–Trinajstić information content (AvgIpc) is 2.66. The van der Waals surface area contributed by atoms with Gasteiger partial charge in [0.2, 0.25) is 11.8 Å². The molecule has 0 heterocycles. The molecule has 0 saturated carbocycles. The third-order valence-corrected chi connectivity index (χ3v) is 5.65. The summed E-state index contributed by atoms with van der Waals surface area (Å²) in [5, 5.41) is 4.33. The second-order valence-electron chi connectivity index (χ2n) is 6.22. The first kappa shape index (κ1) is 22.8. The van der Waals surface area contributed by atoms with Gasteiger partial charge in [0.1, 0.15) is 6.04 Å². The SMILES string of the molecule is CCC(C(=O)NC)N(Cc1ccc(Cl)c(Cl)c1)C(=O)Cc1ccc(Cl)cc1Cl. The monoisotopic (exact) mass is 460 g/mol. The summed E-state index contributed by atoms with van der Waals surface area (Å²) >= 11 is 24.2. The third kappa shape index (κ3) is 5.77. The van der Waals surface area contributed by atoms with E-state index in [0.29, 0.717) is 32.1 Å². The van der Waals surface area contributed by atoms with Crippen molar-refractivity contribution in [3.63, 3.8) is 0 Å². The molecule has 2 aromatic carbocycles. The van der Waals surface area contributed by atoms with Gasteiger partial charge in [-0.05, 0) is 41.8 Å². The van der Waals surface area contributed by atoms with E-state index in [4.69, 9.17) is 46.4 Å². The molecule has 0 radical (unpaired) electrons. The van der Waals surface area contributed by atoms with E-state index < -0.39 is 6.04 Å². The highest BCUT2D eigenvalue weighted by Crippen LogP contribution is 2.25. The Labute approximate surface area is 184 Å². The zero-order valence-electron chi connectivity index (χ0n) is 15.4. The minimum Gasteiger partial charge on any atom is -0.357 e. The number of benzene rings is 2. The summed E-state index contributed by atoms with van der Waals surface area (Å²) in [6, 6.07) is 9.48. The molecule has 150 valence electrons. The Bertz CT molecular complexity index is 873. The lowest BCUT2D eigenvalue weighted by Gasteiger charge is -2.30. The molecule has 0 aliphatic carbocycles. The smallest absolute Gasteiger partial charge is 0.242 e. The van der Waals surface area contributed by atoms with E-state index in [1.54, 1.807) is 43.4 Å². The van der Waals surface area contributed by atoms with Crippen LogP contribution in [0.5, 0.6) is 0 Å². The second-order valence-corrected chi connectivity index (χ2v) is 7.88. The summed E-state index contributed by atoms with van der Waals surface area (Å²) in [5.41, 5.74) is 1.41. The van der Waals surface area contributed by atoms with E-state index in [2.05, 4.69) is 5.32 Å². The topological polar surface area (TPSA) is 49.4 Å². The molecule has 0 aliphatic rings. The Morgan fingerprint density at radius 2 is 1.71 bits per heavy atom. The van der Waals surface area contributed by atoms with Gasteiger partial charge < -0.3 is 10.2 Å². The first-order chi connectivity index (χ1) is 13.3. The van der Waals surface area contributed by atoms with Crippen LogP contribution in [0.1, 0.15) is 24.5 Å². The van der Waals surface area contributed by atoms with Gasteiger partial charge in [0.15, 0.2) is 0 Å². The van der Waals surface area contributed by atoms with E-state index in [0.717, 1.165) is 5.56 Å². The van der Waals surface area contributed by atoms with Crippen LogP contribution in [0.2, 0.25) is 20.1 Å². The van der Waals surface area contributed by atoms with Crippen LogP contribution in [-0.2, 0) is 22.6 Å². The van der Waals surface area contributed by atoms with Crippen LogP contribution < -0.4 is 5.32 Å². The van der Waals surface area contributed by atoms with E-state index in [1.165, 1.54) is 4.90 Å². The molecule has 0 aromatic heterocycles. The highest BCUT2D eigenvalue weighted by atomic mass is 35.5. The minimum atomic E-state index is -0.627. The van der Waals surface area contributed by atoms with Crippen molar-refractivity contribution in [3.05, 3.63) is 67.6 Å². The number of hydrogen-bond donors (Lipinski definition) is 1. The molecular weight excluding hydrogens is 442 g/mol. The van der Waals surface area contributed by atoms with Gasteiger partial charge in [-0.2, -0.15) is 0 Å². The highest BCUT2D eigenvalue weighted by molar-refractivity contribution is 6.42. The maximum atomic E-state index is 13.1. The van der Waals surface area contributed by atoms with Crippen molar-refractivity contribution in [1.82, 2.24) is 10.2 Å². The molecule has 8 heteroatoms. The zero-order valence-corrected chi connectivity index (χ0v) is 18.5. The van der Waals surface area contributed by atoms with E-state index in [9.17, 15) is 9.59 Å². The van der Waals surface area contributed by atoms with Gasteiger partial charge in [-0.25, -0.2) is 0 Å². The molecule has 0 spiro atoms. The van der Waals surface area contributed by atoms with Gasteiger partial charge in [-0.15, -0.1) is 0 Å². The van der Waals surface area contributed by atoms with E-state index in [1.807, 2.05) is 6.92 Å². The minimum absolute atomic E-state index is 0.0464. The summed E-state index contributed by atoms with van der Waals surface area (Å²) in [4.78, 5) is 27.0. The number of halogens is 4. The van der Waals surface area contributed by atoms with Crippen LogP contribution in [-0.4, -0.2) is 29.8 Å². The molecule has 2 amide bonds. The molecule has 0 saturated heterocycles. The van der Waals surface area contributed by atoms with Gasteiger partial charge in [0.05, 0.1) is 16.5 Å². The van der Waals surface area contributed by atoms with Crippen molar-refractivity contribution in [2.75, 3.05) is 7.05 Å². The van der Waals surface area contributed by atoms with Crippen molar-refractivity contribution in [2.24, 2.45) is 0 Å². The summed E-state index contributed by atoms with van der Waals surface area (Å²) in [7, 11) is 1.54. The van der Waals surface area contributed by atoms with Crippen LogP contribution in [0.4, 0.5) is 0 Å². The maximum absolute atomic E-state index is 13.1. The fourth-order valence-corrected chi connectivity index (χ4v) is 3.65. The Morgan fingerprint density at radius 1 is 1.00 bits per heavy atom. The fraction of sp³-hybridized carbons (Fsp3) is 0.300. The number of carbonyl (C=O) groups excluding carboxylic acids is 2. The predicted molar refractivity (Wildman–Crippen MR) is 115 cm³/mol. The summed E-state index contributed by atoms with van der Waals surface area (Å²) < 4.78 is 0. The first-order valence-electron chi connectivity index (χ1n) is 8.65. The van der Waals surface area contributed by atoms with Crippen LogP contribution in [0.25, 0.3) is 0 Å².